The van der Waals surface area contributed by atoms with Crippen LogP contribution in [0, 0.1) is 18.6 Å². The largest absolute Gasteiger partial charge is 0.483 e. The maximum Gasteiger partial charge on any atom is 0.262 e. The molecule has 6 nitrogen and oxygen atoms in total. The molecule has 0 aliphatic rings. The minimum Gasteiger partial charge on any atom is -0.483 e. The Hall–Kier alpha value is -3.46. The number of ether oxygens (including phenoxy) is 1. The number of halogens is 2. The van der Waals surface area contributed by atoms with Gasteiger partial charge in [-0.05, 0) is 55.0 Å². The molecule has 3 aromatic carbocycles. The van der Waals surface area contributed by atoms with Crippen molar-refractivity contribution in [2.45, 2.75) is 11.8 Å². The van der Waals surface area contributed by atoms with E-state index >= 15 is 0 Å². The average Bonchev–Trinajstić information content (AvgIpc) is 2.70. The molecule has 0 aliphatic carbocycles. The van der Waals surface area contributed by atoms with Gasteiger partial charge in [0.2, 0.25) is 0 Å². The van der Waals surface area contributed by atoms with E-state index in [1.165, 1.54) is 24.3 Å². The molecule has 9 heteroatoms. The third kappa shape index (κ3) is 5.32. The zero-order chi connectivity index (χ0) is 21.7. The summed E-state index contributed by atoms with van der Waals surface area (Å²) in [5, 5.41) is 2.39. The fourth-order valence-corrected chi connectivity index (χ4v) is 3.73. The normalized spacial score (nSPS) is 11.0. The van der Waals surface area contributed by atoms with Gasteiger partial charge in [0.25, 0.3) is 15.9 Å². The highest BCUT2D eigenvalue weighted by molar-refractivity contribution is 7.92. The molecule has 0 fully saturated rings. The quantitative estimate of drug-likeness (QED) is 0.589. The Morgan fingerprint density at radius 2 is 1.67 bits per heavy atom. The van der Waals surface area contributed by atoms with E-state index in [2.05, 4.69) is 10.0 Å². The van der Waals surface area contributed by atoms with Crippen molar-refractivity contribution in [1.29, 1.82) is 0 Å². The van der Waals surface area contributed by atoms with Gasteiger partial charge in [-0.1, -0.05) is 18.2 Å². The standard InChI is InChI=1S/C21H18F2N2O4S/c1-14-11-17(30(27,28)25-15-5-3-2-4-6-15)8-10-20(14)29-13-21(26)24-16-7-9-18(22)19(23)12-16/h2-12,25H,13H2,1H3,(H,24,26). The van der Waals surface area contributed by atoms with E-state index in [-0.39, 0.29) is 10.6 Å². The highest BCUT2D eigenvalue weighted by Gasteiger charge is 2.16. The molecule has 3 rings (SSSR count). The Labute approximate surface area is 172 Å². The molecular weight excluding hydrogens is 414 g/mol. The van der Waals surface area contributed by atoms with Crippen LogP contribution in [-0.4, -0.2) is 20.9 Å². The first-order valence-electron chi connectivity index (χ1n) is 8.81. The van der Waals surface area contributed by atoms with Crippen LogP contribution in [-0.2, 0) is 14.8 Å². The van der Waals surface area contributed by atoms with E-state index in [1.807, 2.05) is 0 Å². The van der Waals surface area contributed by atoms with Gasteiger partial charge in [0.15, 0.2) is 18.2 Å². The first kappa shape index (κ1) is 21.3. The first-order valence-corrected chi connectivity index (χ1v) is 10.3. The molecule has 1 amide bonds. The molecule has 30 heavy (non-hydrogen) atoms. The Morgan fingerprint density at radius 3 is 2.33 bits per heavy atom. The Kier molecular flexibility index (Phi) is 6.31. The van der Waals surface area contributed by atoms with Crippen LogP contribution in [0.25, 0.3) is 0 Å². The van der Waals surface area contributed by atoms with Crippen LogP contribution in [0.4, 0.5) is 20.2 Å². The van der Waals surface area contributed by atoms with Gasteiger partial charge in [0.1, 0.15) is 5.75 Å². The predicted molar refractivity (Wildman–Crippen MR) is 109 cm³/mol. The van der Waals surface area contributed by atoms with Crippen molar-refractivity contribution in [3.05, 3.63) is 83.9 Å². The van der Waals surface area contributed by atoms with Crippen LogP contribution in [0.1, 0.15) is 5.56 Å². The van der Waals surface area contributed by atoms with Gasteiger partial charge in [0, 0.05) is 17.4 Å². The molecule has 156 valence electrons. The number of carbonyl (C=O) groups is 1. The van der Waals surface area contributed by atoms with Crippen molar-refractivity contribution >= 4 is 27.3 Å². The van der Waals surface area contributed by atoms with Crippen LogP contribution >= 0.6 is 0 Å². The van der Waals surface area contributed by atoms with Crippen LogP contribution in [0.3, 0.4) is 0 Å². The molecule has 0 heterocycles. The van der Waals surface area contributed by atoms with Crippen molar-refractivity contribution in [3.63, 3.8) is 0 Å². The molecule has 3 aromatic rings. The maximum atomic E-state index is 13.2. The van der Waals surface area contributed by atoms with Crippen molar-refractivity contribution in [3.8, 4) is 5.75 Å². The molecule has 0 radical (unpaired) electrons. The van der Waals surface area contributed by atoms with E-state index < -0.39 is 34.2 Å². The van der Waals surface area contributed by atoms with Crippen LogP contribution in [0.2, 0.25) is 0 Å². The highest BCUT2D eigenvalue weighted by atomic mass is 32.2. The second-order valence-corrected chi connectivity index (χ2v) is 8.05. The van der Waals surface area contributed by atoms with Gasteiger partial charge < -0.3 is 10.1 Å². The maximum absolute atomic E-state index is 13.2. The van der Waals surface area contributed by atoms with E-state index in [4.69, 9.17) is 4.74 Å². The zero-order valence-electron chi connectivity index (χ0n) is 15.9. The zero-order valence-corrected chi connectivity index (χ0v) is 16.7. The number of carbonyl (C=O) groups excluding carboxylic acids is 1. The van der Waals surface area contributed by atoms with Gasteiger partial charge in [-0.3, -0.25) is 9.52 Å². The van der Waals surface area contributed by atoms with E-state index in [9.17, 15) is 22.0 Å². The highest BCUT2D eigenvalue weighted by Crippen LogP contribution is 2.23. The van der Waals surface area contributed by atoms with Crippen molar-refractivity contribution in [2.75, 3.05) is 16.6 Å². The Morgan fingerprint density at radius 1 is 0.933 bits per heavy atom. The summed E-state index contributed by atoms with van der Waals surface area (Å²) < 4.78 is 59.0. The van der Waals surface area contributed by atoms with Crippen molar-refractivity contribution in [2.24, 2.45) is 0 Å². The minimum atomic E-state index is -3.78. The second kappa shape index (κ2) is 8.91. The number of aryl methyl sites for hydroxylation is 1. The second-order valence-electron chi connectivity index (χ2n) is 6.36. The summed E-state index contributed by atoms with van der Waals surface area (Å²) in [6.45, 7) is 1.25. The van der Waals surface area contributed by atoms with E-state index in [0.29, 0.717) is 17.0 Å². The number of hydrogen-bond donors (Lipinski definition) is 2. The molecule has 0 spiro atoms. The number of nitrogens with one attached hydrogen (secondary N) is 2. The lowest BCUT2D eigenvalue weighted by Crippen LogP contribution is -2.20. The van der Waals surface area contributed by atoms with Crippen LogP contribution in [0.15, 0.2) is 71.6 Å². The molecule has 2 N–H and O–H groups in total. The molecule has 0 aromatic heterocycles. The van der Waals surface area contributed by atoms with E-state index in [0.717, 1.165) is 12.1 Å². The number of anilines is 2. The summed E-state index contributed by atoms with van der Waals surface area (Å²) in [6, 6.07) is 15.7. The SMILES string of the molecule is Cc1cc(S(=O)(=O)Nc2ccccc2)ccc1OCC(=O)Nc1ccc(F)c(F)c1. The predicted octanol–water partition coefficient (Wildman–Crippen LogP) is 4.09. The van der Waals surface area contributed by atoms with Gasteiger partial charge >= 0.3 is 0 Å². The third-order valence-electron chi connectivity index (χ3n) is 4.04. The van der Waals surface area contributed by atoms with Gasteiger partial charge in [-0.25, -0.2) is 17.2 Å². The fraction of sp³-hybridized carbons (Fsp3) is 0.0952. The Bertz CT molecular complexity index is 1170. The van der Waals surface area contributed by atoms with Gasteiger partial charge in [-0.15, -0.1) is 0 Å². The summed E-state index contributed by atoms with van der Waals surface area (Å²) in [6.07, 6.45) is 0. The fourth-order valence-electron chi connectivity index (χ4n) is 2.59. The summed E-state index contributed by atoms with van der Waals surface area (Å²) in [5.41, 5.74) is 1.03. The lowest BCUT2D eigenvalue weighted by molar-refractivity contribution is -0.118. The number of benzene rings is 3. The Balaban J connectivity index is 1.63. The molecule has 0 aliphatic heterocycles. The van der Waals surface area contributed by atoms with Crippen molar-refractivity contribution in [1.82, 2.24) is 0 Å². The van der Waals surface area contributed by atoms with E-state index in [1.54, 1.807) is 37.3 Å². The number of para-hydroxylation sites is 1. The lowest BCUT2D eigenvalue weighted by atomic mass is 10.2. The summed E-state index contributed by atoms with van der Waals surface area (Å²) in [4.78, 5) is 12.0. The molecule has 0 bridgehead atoms. The van der Waals surface area contributed by atoms with Crippen LogP contribution < -0.4 is 14.8 Å². The molecular formula is C21H18F2N2O4S. The van der Waals surface area contributed by atoms with Crippen LogP contribution in [0.5, 0.6) is 5.75 Å². The summed E-state index contributed by atoms with van der Waals surface area (Å²) in [7, 11) is -3.78. The monoisotopic (exact) mass is 432 g/mol. The lowest BCUT2D eigenvalue weighted by Gasteiger charge is -2.12. The molecule has 0 saturated heterocycles. The van der Waals surface area contributed by atoms with Gasteiger partial charge in [-0.2, -0.15) is 0 Å². The summed E-state index contributed by atoms with van der Waals surface area (Å²) in [5.74, 6) is -2.36. The first-order chi connectivity index (χ1) is 14.2. The smallest absolute Gasteiger partial charge is 0.262 e. The number of sulfonamides is 1. The topological polar surface area (TPSA) is 84.5 Å². The summed E-state index contributed by atoms with van der Waals surface area (Å²) >= 11 is 0. The molecule has 0 unspecified atom stereocenters. The third-order valence-corrected chi connectivity index (χ3v) is 5.42. The van der Waals surface area contributed by atoms with Gasteiger partial charge in [0.05, 0.1) is 4.90 Å². The van der Waals surface area contributed by atoms with Crippen molar-refractivity contribution < 1.29 is 26.7 Å². The number of amides is 1. The molecule has 0 saturated carbocycles. The number of hydrogen-bond acceptors (Lipinski definition) is 4. The molecule has 0 atom stereocenters. The minimum absolute atomic E-state index is 0.0439. The average molecular weight is 432 g/mol. The number of rotatable bonds is 7.